The first kappa shape index (κ1) is 18.5. The van der Waals surface area contributed by atoms with Crippen molar-refractivity contribution in [2.45, 2.75) is 4.90 Å². The van der Waals surface area contributed by atoms with Gasteiger partial charge in [0.05, 0.1) is 16.3 Å². The number of nitrogens with two attached hydrogens (primary N) is 5. The standard InChI is InChI=1S/C14H20N8O2S/c1-22(18)11-7-8(5-6-10(11)15)9-3-2-4-12(25(19,23)24)13(9)14(16)20-21-17/h2-7,21H,15,17-18H2,1H3,(H2,16,20)(H2,19,23,24). The van der Waals surface area contributed by atoms with Gasteiger partial charge in [-0.05, 0) is 29.3 Å². The van der Waals surface area contributed by atoms with Crippen molar-refractivity contribution in [2.75, 3.05) is 17.8 Å². The van der Waals surface area contributed by atoms with E-state index in [1.54, 1.807) is 37.4 Å². The van der Waals surface area contributed by atoms with Crippen LogP contribution in [0, 0.1) is 0 Å². The van der Waals surface area contributed by atoms with Gasteiger partial charge in [-0.15, -0.1) is 5.10 Å². The van der Waals surface area contributed by atoms with Gasteiger partial charge in [0.1, 0.15) is 0 Å². The Hall–Kier alpha value is -2.86. The molecule has 2 aromatic carbocycles. The highest BCUT2D eigenvalue weighted by atomic mass is 32.2. The van der Waals surface area contributed by atoms with Gasteiger partial charge in [-0.1, -0.05) is 18.2 Å². The van der Waals surface area contributed by atoms with Crippen LogP contribution < -0.4 is 38.8 Å². The molecule has 0 aliphatic heterocycles. The lowest BCUT2D eigenvalue weighted by molar-refractivity contribution is 0.597. The normalized spacial score (nSPS) is 12.1. The average Bonchev–Trinajstić information content (AvgIpc) is 2.53. The fourth-order valence-corrected chi connectivity index (χ4v) is 3.18. The van der Waals surface area contributed by atoms with E-state index >= 15 is 0 Å². The molecule has 2 rings (SSSR count). The minimum Gasteiger partial charge on any atom is -0.397 e. The van der Waals surface area contributed by atoms with Crippen molar-refractivity contribution >= 4 is 27.2 Å². The van der Waals surface area contributed by atoms with E-state index in [-0.39, 0.29) is 16.3 Å². The zero-order valence-corrected chi connectivity index (χ0v) is 14.3. The van der Waals surface area contributed by atoms with Crippen molar-refractivity contribution in [3.05, 3.63) is 42.0 Å². The average molecular weight is 364 g/mol. The van der Waals surface area contributed by atoms with E-state index in [4.69, 9.17) is 28.3 Å². The second kappa shape index (κ2) is 6.94. The van der Waals surface area contributed by atoms with Crippen molar-refractivity contribution in [1.82, 2.24) is 5.53 Å². The van der Waals surface area contributed by atoms with Crippen LogP contribution in [0.2, 0.25) is 0 Å². The highest BCUT2D eigenvalue weighted by Gasteiger charge is 2.21. The van der Waals surface area contributed by atoms with Crippen LogP contribution >= 0.6 is 0 Å². The van der Waals surface area contributed by atoms with Gasteiger partial charge in [-0.25, -0.2) is 30.8 Å². The van der Waals surface area contributed by atoms with Gasteiger partial charge in [0, 0.05) is 12.6 Å². The molecule has 0 spiro atoms. The van der Waals surface area contributed by atoms with Crippen molar-refractivity contribution < 1.29 is 8.42 Å². The fraction of sp³-hybridized carbons (Fsp3) is 0.0714. The lowest BCUT2D eigenvalue weighted by atomic mass is 9.98. The molecule has 0 aromatic heterocycles. The Bertz CT molecular complexity index is 924. The van der Waals surface area contributed by atoms with Crippen molar-refractivity contribution in [1.29, 1.82) is 0 Å². The highest BCUT2D eigenvalue weighted by molar-refractivity contribution is 7.89. The number of rotatable bonds is 5. The van der Waals surface area contributed by atoms with E-state index in [1.165, 1.54) is 11.1 Å². The Morgan fingerprint density at radius 1 is 1.24 bits per heavy atom. The summed E-state index contributed by atoms with van der Waals surface area (Å²) in [6.45, 7) is 0. The van der Waals surface area contributed by atoms with E-state index in [1.807, 2.05) is 5.53 Å². The molecule has 11 heteroatoms. The predicted octanol–water partition coefficient (Wildman–Crippen LogP) is -1.02. The molecule has 0 heterocycles. The number of nitrogen functional groups attached to an aromatic ring is 1. The second-order valence-corrected chi connectivity index (χ2v) is 6.76. The number of amidine groups is 1. The largest absolute Gasteiger partial charge is 0.397 e. The summed E-state index contributed by atoms with van der Waals surface area (Å²) in [5, 5.41) is 10.3. The van der Waals surface area contributed by atoms with Crippen LogP contribution in [0.3, 0.4) is 0 Å². The number of hydrogen-bond donors (Lipinski definition) is 6. The molecule has 10 nitrogen and oxygen atoms in total. The Kier molecular flexibility index (Phi) is 5.13. The van der Waals surface area contributed by atoms with Crippen LogP contribution in [0.1, 0.15) is 5.56 Å². The van der Waals surface area contributed by atoms with E-state index in [0.717, 1.165) is 0 Å². The summed E-state index contributed by atoms with van der Waals surface area (Å²) in [7, 11) is -2.42. The molecule has 2 aromatic rings. The third-order valence-electron chi connectivity index (χ3n) is 3.50. The number of primary sulfonamides is 1. The minimum atomic E-state index is -4.05. The van der Waals surface area contributed by atoms with Crippen molar-refractivity contribution in [2.24, 2.45) is 27.7 Å². The third kappa shape index (κ3) is 3.80. The molecule has 11 N–H and O–H groups in total. The molecule has 0 radical (unpaired) electrons. The van der Waals surface area contributed by atoms with Gasteiger partial charge in [-0.3, -0.25) is 0 Å². The number of nitrogens with zero attached hydrogens (tertiary/aromatic N) is 2. The van der Waals surface area contributed by atoms with Gasteiger partial charge in [0.2, 0.25) is 10.0 Å². The number of sulfonamides is 1. The maximum Gasteiger partial charge on any atom is 0.238 e. The quantitative estimate of drug-likeness (QED) is 0.127. The second-order valence-electron chi connectivity index (χ2n) is 5.23. The molecule has 0 amide bonds. The molecule has 0 fully saturated rings. The van der Waals surface area contributed by atoms with Crippen LogP contribution in [-0.2, 0) is 10.0 Å². The van der Waals surface area contributed by atoms with Crippen LogP contribution in [0.25, 0.3) is 11.1 Å². The molecule has 0 aliphatic rings. The Morgan fingerprint density at radius 2 is 1.92 bits per heavy atom. The fourth-order valence-electron chi connectivity index (χ4n) is 2.42. The molecule has 0 atom stereocenters. The number of benzene rings is 2. The van der Waals surface area contributed by atoms with Crippen LogP contribution in [0.15, 0.2) is 46.4 Å². The number of nitrogens with one attached hydrogen (secondary N) is 1. The first-order valence-corrected chi connectivity index (χ1v) is 8.54. The molecule has 134 valence electrons. The van der Waals surface area contributed by atoms with Gasteiger partial charge in [0.15, 0.2) is 5.84 Å². The van der Waals surface area contributed by atoms with Crippen molar-refractivity contribution in [3.63, 3.8) is 0 Å². The Balaban J connectivity index is 2.83. The van der Waals surface area contributed by atoms with Gasteiger partial charge in [0.25, 0.3) is 0 Å². The van der Waals surface area contributed by atoms with E-state index in [0.29, 0.717) is 22.5 Å². The monoisotopic (exact) mass is 364 g/mol. The summed E-state index contributed by atoms with van der Waals surface area (Å²) in [4.78, 5) is -0.180. The zero-order valence-electron chi connectivity index (χ0n) is 13.5. The summed E-state index contributed by atoms with van der Waals surface area (Å²) in [5.41, 5.74) is 16.1. The molecule has 0 saturated carbocycles. The summed E-state index contributed by atoms with van der Waals surface area (Å²) >= 11 is 0. The lowest BCUT2D eigenvalue weighted by Gasteiger charge is -2.18. The molecule has 0 unspecified atom stereocenters. The summed E-state index contributed by atoms with van der Waals surface area (Å²) in [5.74, 6) is 10.8. The Labute approximate surface area is 145 Å². The minimum absolute atomic E-state index is 0.123. The van der Waals surface area contributed by atoms with Gasteiger partial charge < -0.3 is 16.5 Å². The third-order valence-corrected chi connectivity index (χ3v) is 4.45. The topological polar surface area (TPSA) is 192 Å². The Morgan fingerprint density at radius 3 is 2.48 bits per heavy atom. The number of hydrazine groups is 2. The summed E-state index contributed by atoms with van der Waals surface area (Å²) in [6, 6.07) is 9.61. The van der Waals surface area contributed by atoms with E-state index in [2.05, 4.69) is 5.10 Å². The smallest absolute Gasteiger partial charge is 0.238 e. The van der Waals surface area contributed by atoms with E-state index < -0.39 is 10.0 Å². The predicted molar refractivity (Wildman–Crippen MR) is 98.3 cm³/mol. The lowest BCUT2D eigenvalue weighted by Crippen LogP contribution is -2.27. The number of anilines is 2. The maximum atomic E-state index is 11.9. The number of hydrogen-bond acceptors (Lipinski definition) is 8. The first-order chi connectivity index (χ1) is 11.7. The highest BCUT2D eigenvalue weighted by Crippen LogP contribution is 2.32. The van der Waals surface area contributed by atoms with Crippen LogP contribution in [0.5, 0.6) is 0 Å². The molecule has 25 heavy (non-hydrogen) atoms. The zero-order chi connectivity index (χ0) is 18.8. The first-order valence-electron chi connectivity index (χ1n) is 7.00. The maximum absolute atomic E-state index is 11.9. The molecular formula is C14H20N8O2S. The van der Waals surface area contributed by atoms with Crippen LogP contribution in [-0.4, -0.2) is 21.3 Å². The van der Waals surface area contributed by atoms with Crippen molar-refractivity contribution in [3.8, 4) is 11.1 Å². The molecule has 0 saturated heterocycles. The molecule has 0 aliphatic carbocycles. The van der Waals surface area contributed by atoms with E-state index in [9.17, 15) is 8.42 Å². The van der Waals surface area contributed by atoms with Gasteiger partial charge in [-0.2, -0.15) is 0 Å². The summed E-state index contributed by atoms with van der Waals surface area (Å²) < 4.78 is 23.9. The summed E-state index contributed by atoms with van der Waals surface area (Å²) in [6.07, 6.45) is 0. The van der Waals surface area contributed by atoms with Gasteiger partial charge >= 0.3 is 0 Å². The molecular weight excluding hydrogens is 344 g/mol. The SMILES string of the molecule is CN(N)c1cc(-c2cccc(S(N)(=O)=O)c2/C(N)=N/NN)ccc1N. The number of hydrazone groups is 1. The molecule has 0 bridgehead atoms. The van der Waals surface area contributed by atoms with Crippen LogP contribution in [0.4, 0.5) is 11.4 Å².